The summed E-state index contributed by atoms with van der Waals surface area (Å²) < 4.78 is 18.5. The molecule has 1 heterocycles. The van der Waals surface area contributed by atoms with Crippen LogP contribution in [0.5, 0.6) is 0 Å². The van der Waals surface area contributed by atoms with Gasteiger partial charge in [-0.1, -0.05) is 74.0 Å². The zero-order valence-electron chi connectivity index (χ0n) is 30.4. The first-order valence-corrected chi connectivity index (χ1v) is 17.2. The minimum Gasteiger partial charge on any atom is -0.466 e. The maximum atomic E-state index is 13.6. The maximum absolute atomic E-state index is 13.6. The molecule has 3 rings (SSSR count). The van der Waals surface area contributed by atoms with Gasteiger partial charge in [0.05, 0.1) is 25.7 Å². The summed E-state index contributed by atoms with van der Waals surface area (Å²) in [5.74, 6) is -0.544. The lowest BCUT2D eigenvalue weighted by molar-refractivity contribution is -0.145. The van der Waals surface area contributed by atoms with Crippen LogP contribution < -0.4 is 16.0 Å². The van der Waals surface area contributed by atoms with Crippen molar-refractivity contribution in [2.45, 2.75) is 110 Å². The molecular formula is C38H53N5O7. The zero-order chi connectivity index (χ0) is 36.7. The Kier molecular flexibility index (Phi) is 15.0. The number of unbranched alkanes of at least 4 members (excludes halogenated alkanes) is 1. The van der Waals surface area contributed by atoms with Gasteiger partial charge in [0.1, 0.15) is 23.0 Å². The molecule has 272 valence electrons. The van der Waals surface area contributed by atoms with Crippen molar-refractivity contribution in [1.82, 2.24) is 20.2 Å². The number of hydrogen-bond acceptors (Lipinski definition) is 8. The van der Waals surface area contributed by atoms with Gasteiger partial charge in [-0.2, -0.15) is 0 Å². The quantitative estimate of drug-likeness (QED) is 0.110. The lowest BCUT2D eigenvalue weighted by Crippen LogP contribution is -2.59. The van der Waals surface area contributed by atoms with Crippen molar-refractivity contribution in [3.05, 3.63) is 83.8 Å². The van der Waals surface area contributed by atoms with Crippen LogP contribution in [0.15, 0.2) is 66.9 Å². The number of carbonyl (C=O) groups is 4. The predicted octanol–water partition coefficient (Wildman–Crippen LogP) is 5.91. The lowest BCUT2D eigenvalue weighted by Gasteiger charge is -2.29. The molecule has 50 heavy (non-hydrogen) atoms. The fourth-order valence-corrected chi connectivity index (χ4v) is 5.19. The van der Waals surface area contributed by atoms with Gasteiger partial charge >= 0.3 is 12.1 Å². The van der Waals surface area contributed by atoms with Crippen LogP contribution in [0.25, 0.3) is 0 Å². The number of anilines is 1. The number of nitrogens with one attached hydrogen (secondary N) is 3. The third-order valence-electron chi connectivity index (χ3n) is 7.74. The second kappa shape index (κ2) is 18.9. The molecule has 0 fully saturated rings. The number of ether oxygens (including phenoxy) is 3. The number of alkyl carbamates (subject to hydrolysis) is 1. The normalized spacial score (nSPS) is 12.8. The van der Waals surface area contributed by atoms with Gasteiger partial charge in [0.15, 0.2) is 5.82 Å². The van der Waals surface area contributed by atoms with Crippen molar-refractivity contribution in [3.63, 3.8) is 0 Å². The van der Waals surface area contributed by atoms with E-state index in [1.807, 2.05) is 72.2 Å². The number of rotatable bonds is 18. The largest absolute Gasteiger partial charge is 0.466 e. The van der Waals surface area contributed by atoms with Crippen LogP contribution in [-0.2, 0) is 48.2 Å². The molecular weight excluding hydrogens is 638 g/mol. The van der Waals surface area contributed by atoms with Crippen molar-refractivity contribution in [2.75, 3.05) is 18.5 Å². The van der Waals surface area contributed by atoms with E-state index in [-0.39, 0.29) is 25.1 Å². The highest BCUT2D eigenvalue weighted by Crippen LogP contribution is 2.24. The van der Waals surface area contributed by atoms with E-state index in [1.165, 1.54) is 13.8 Å². The molecule has 0 saturated heterocycles. The third-order valence-corrected chi connectivity index (χ3v) is 7.74. The van der Waals surface area contributed by atoms with Gasteiger partial charge in [-0.3, -0.25) is 14.4 Å². The molecule has 0 aliphatic heterocycles. The molecule has 1 unspecified atom stereocenters. The minimum atomic E-state index is -1.40. The fraction of sp³-hybridized carbons (Fsp3) is 0.500. The molecule has 2 aromatic carbocycles. The molecule has 0 aliphatic carbocycles. The summed E-state index contributed by atoms with van der Waals surface area (Å²) in [5.41, 5.74) is -0.303. The second-order valence-corrected chi connectivity index (χ2v) is 13.6. The number of aromatic nitrogens is 2. The van der Waals surface area contributed by atoms with Crippen molar-refractivity contribution < 1.29 is 33.4 Å². The molecule has 1 aromatic heterocycles. The SMILES string of the molecule is CCOC(=O)C(CCCCn1cc(NC(=O)[C@@H](COCc2ccccc2)NC(=O)C(C)(C)NC(=O)OC(C)(C)C)nc1CC)c1ccccc1. The van der Waals surface area contributed by atoms with E-state index in [1.54, 1.807) is 33.9 Å². The molecule has 12 nitrogen and oxygen atoms in total. The Labute approximate surface area is 295 Å². The number of carbonyl (C=O) groups excluding carboxylic acids is 4. The number of benzene rings is 2. The van der Waals surface area contributed by atoms with Crippen molar-refractivity contribution in [1.29, 1.82) is 0 Å². The molecule has 3 aromatic rings. The van der Waals surface area contributed by atoms with E-state index >= 15 is 0 Å². The molecule has 3 N–H and O–H groups in total. The Balaban J connectivity index is 1.67. The molecule has 12 heteroatoms. The Morgan fingerprint density at radius 2 is 1.56 bits per heavy atom. The first-order chi connectivity index (χ1) is 23.7. The van der Waals surface area contributed by atoms with Gasteiger partial charge in [-0.15, -0.1) is 0 Å². The molecule has 0 bridgehead atoms. The zero-order valence-corrected chi connectivity index (χ0v) is 30.4. The van der Waals surface area contributed by atoms with Crippen LogP contribution in [0, 0.1) is 0 Å². The minimum absolute atomic E-state index is 0.126. The average Bonchev–Trinajstić information content (AvgIpc) is 3.45. The first-order valence-electron chi connectivity index (χ1n) is 17.2. The second-order valence-electron chi connectivity index (χ2n) is 13.6. The number of imidazole rings is 1. The highest BCUT2D eigenvalue weighted by Gasteiger charge is 2.35. The predicted molar refractivity (Wildman–Crippen MR) is 191 cm³/mol. The summed E-state index contributed by atoms with van der Waals surface area (Å²) in [4.78, 5) is 56.7. The van der Waals surface area contributed by atoms with Crippen LogP contribution in [0.4, 0.5) is 10.6 Å². The van der Waals surface area contributed by atoms with Gasteiger partial charge in [0.2, 0.25) is 5.91 Å². The first kappa shape index (κ1) is 39.7. The van der Waals surface area contributed by atoms with E-state index < -0.39 is 35.1 Å². The lowest BCUT2D eigenvalue weighted by atomic mass is 9.93. The summed E-state index contributed by atoms with van der Waals surface area (Å²) in [6.07, 6.45) is 3.86. The topological polar surface area (TPSA) is 150 Å². The standard InChI is InChI=1S/C38H53N5O7/c1-8-32-40-31(24-43(32)23-17-16-22-29(34(45)49-9-2)28-20-14-11-15-21-28)41-33(44)30(26-48-25-27-18-12-10-13-19-27)39-35(46)38(6,7)42-36(47)50-37(3,4)5/h10-15,18-21,24,29-30H,8-9,16-17,22-23,25-26H2,1-7H3,(H,39,46)(H,41,44)(H,42,47)/t29?,30-/m1/s1. The summed E-state index contributed by atoms with van der Waals surface area (Å²) in [7, 11) is 0. The van der Waals surface area contributed by atoms with Crippen LogP contribution >= 0.6 is 0 Å². The number of hydrogen-bond donors (Lipinski definition) is 3. The van der Waals surface area contributed by atoms with E-state index in [0.717, 1.165) is 29.8 Å². The third kappa shape index (κ3) is 13.0. The molecule has 0 spiro atoms. The van der Waals surface area contributed by atoms with E-state index in [4.69, 9.17) is 14.2 Å². The Bertz CT molecular complexity index is 1530. The van der Waals surface area contributed by atoms with Crippen LogP contribution in [0.2, 0.25) is 0 Å². The maximum Gasteiger partial charge on any atom is 0.408 e. The molecule has 0 radical (unpaired) electrons. The van der Waals surface area contributed by atoms with Gasteiger partial charge in [-0.25, -0.2) is 9.78 Å². The monoisotopic (exact) mass is 691 g/mol. The van der Waals surface area contributed by atoms with Crippen molar-refractivity contribution >= 4 is 29.7 Å². The molecule has 2 atom stereocenters. The highest BCUT2D eigenvalue weighted by atomic mass is 16.6. The smallest absolute Gasteiger partial charge is 0.408 e. The van der Waals surface area contributed by atoms with Crippen molar-refractivity contribution in [3.8, 4) is 0 Å². The van der Waals surface area contributed by atoms with E-state index in [2.05, 4.69) is 20.9 Å². The van der Waals surface area contributed by atoms with Crippen LogP contribution in [-0.4, -0.2) is 63.8 Å². The van der Waals surface area contributed by atoms with E-state index in [0.29, 0.717) is 31.8 Å². The Morgan fingerprint density at radius 3 is 2.18 bits per heavy atom. The summed E-state index contributed by atoms with van der Waals surface area (Å²) >= 11 is 0. The number of nitrogens with zero attached hydrogens (tertiary/aromatic N) is 2. The van der Waals surface area contributed by atoms with Crippen LogP contribution in [0.3, 0.4) is 0 Å². The average molecular weight is 692 g/mol. The van der Waals surface area contributed by atoms with Gasteiger partial charge < -0.3 is 34.7 Å². The van der Waals surface area contributed by atoms with E-state index in [9.17, 15) is 19.2 Å². The Hall–Kier alpha value is -4.71. The number of esters is 1. The molecule has 0 aliphatic rings. The fourth-order valence-electron chi connectivity index (χ4n) is 5.19. The van der Waals surface area contributed by atoms with Crippen molar-refractivity contribution in [2.24, 2.45) is 0 Å². The number of aryl methyl sites for hydroxylation is 2. The van der Waals surface area contributed by atoms with Crippen LogP contribution in [0.1, 0.15) is 90.6 Å². The summed E-state index contributed by atoms with van der Waals surface area (Å²) in [6.45, 7) is 13.1. The van der Waals surface area contributed by atoms with Gasteiger partial charge in [0.25, 0.3) is 5.91 Å². The summed E-state index contributed by atoms with van der Waals surface area (Å²) in [6, 6.07) is 18.0. The highest BCUT2D eigenvalue weighted by molar-refractivity contribution is 5.98. The Morgan fingerprint density at radius 1 is 0.900 bits per heavy atom. The summed E-state index contributed by atoms with van der Waals surface area (Å²) in [5, 5.41) is 8.14. The molecule has 0 saturated carbocycles. The molecule has 3 amide bonds. The van der Waals surface area contributed by atoms with Gasteiger partial charge in [-0.05, 0) is 65.5 Å². The van der Waals surface area contributed by atoms with Gasteiger partial charge in [0, 0.05) is 19.2 Å². The number of amides is 3.